The first-order valence-corrected chi connectivity index (χ1v) is 7.57. The Labute approximate surface area is 136 Å². The van der Waals surface area contributed by atoms with Crippen molar-refractivity contribution in [2.45, 2.75) is 30.7 Å². The smallest absolute Gasteiger partial charge is 0.103 e. The van der Waals surface area contributed by atoms with Crippen molar-refractivity contribution < 1.29 is 0 Å². The quantitative estimate of drug-likeness (QED) is 0.782. The summed E-state index contributed by atoms with van der Waals surface area (Å²) in [4.78, 5) is 6.09. The van der Waals surface area contributed by atoms with Crippen molar-refractivity contribution in [3.05, 3.63) is 59.7 Å². The molecule has 0 radical (unpaired) electrons. The maximum Gasteiger partial charge on any atom is 0.103 e. The minimum atomic E-state index is -0.0372. The Morgan fingerprint density at radius 2 is 1.71 bits per heavy atom. The minimum Gasteiger partial charge on any atom is -0.399 e. The highest BCUT2D eigenvalue weighted by Gasteiger charge is 2.26. The second-order valence-electron chi connectivity index (χ2n) is 5.73. The number of rotatable bonds is 1. The summed E-state index contributed by atoms with van der Waals surface area (Å²) >= 11 is 1.71. The standard InChI is InChI=1S/C17H18N2S.ClH/c1-17(2)11-12-5-3-4-6-15(12)16(19-17)20-14-9-7-13(18)8-10-14;/h3-10H,11,18H2,1-2H3;1H. The molecule has 0 atom stereocenters. The third kappa shape index (κ3) is 3.60. The Morgan fingerprint density at radius 3 is 2.43 bits per heavy atom. The van der Waals surface area contributed by atoms with Crippen LogP contribution in [0.5, 0.6) is 0 Å². The minimum absolute atomic E-state index is 0. The van der Waals surface area contributed by atoms with Crippen LogP contribution in [0, 0.1) is 0 Å². The van der Waals surface area contributed by atoms with Crippen molar-refractivity contribution in [1.82, 2.24) is 0 Å². The molecule has 0 bridgehead atoms. The molecule has 1 aliphatic rings. The van der Waals surface area contributed by atoms with Crippen LogP contribution in [0.1, 0.15) is 25.0 Å². The third-order valence-corrected chi connectivity index (χ3v) is 4.38. The van der Waals surface area contributed by atoms with Crippen LogP contribution in [-0.4, -0.2) is 10.6 Å². The molecule has 4 heteroatoms. The lowest BCUT2D eigenvalue weighted by Crippen LogP contribution is -2.27. The number of benzene rings is 2. The van der Waals surface area contributed by atoms with Gasteiger partial charge in [-0.05, 0) is 50.1 Å². The van der Waals surface area contributed by atoms with E-state index in [1.54, 1.807) is 11.8 Å². The molecule has 2 N–H and O–H groups in total. The molecule has 1 aliphatic heterocycles. The molecule has 2 aromatic rings. The molecule has 0 saturated heterocycles. The number of halogens is 1. The number of thioether (sulfide) groups is 1. The summed E-state index contributed by atoms with van der Waals surface area (Å²) in [7, 11) is 0. The molecular formula is C17H19ClN2S. The van der Waals surface area contributed by atoms with E-state index in [0.29, 0.717) is 0 Å². The fraction of sp³-hybridized carbons (Fsp3) is 0.235. The number of nitrogens with zero attached hydrogens (tertiary/aromatic N) is 1. The average molecular weight is 319 g/mol. The molecule has 0 aliphatic carbocycles. The highest BCUT2D eigenvalue weighted by atomic mass is 35.5. The number of hydrogen-bond acceptors (Lipinski definition) is 3. The predicted molar refractivity (Wildman–Crippen MR) is 94.7 cm³/mol. The fourth-order valence-corrected chi connectivity index (χ4v) is 3.55. The van der Waals surface area contributed by atoms with E-state index in [1.165, 1.54) is 16.0 Å². The molecule has 1 heterocycles. The van der Waals surface area contributed by atoms with Crippen LogP contribution in [0.2, 0.25) is 0 Å². The Bertz CT molecular complexity index is 663. The maximum atomic E-state index is 5.74. The SMILES string of the molecule is CC1(C)Cc2ccccc2C(Sc2ccc(N)cc2)=N1.Cl. The van der Waals surface area contributed by atoms with Crippen molar-refractivity contribution in [2.75, 3.05) is 5.73 Å². The number of aliphatic imine (C=N–C) groups is 1. The zero-order chi connectivity index (χ0) is 14.2. The van der Waals surface area contributed by atoms with Crippen LogP contribution in [0.4, 0.5) is 5.69 Å². The van der Waals surface area contributed by atoms with E-state index in [0.717, 1.165) is 17.2 Å². The van der Waals surface area contributed by atoms with Gasteiger partial charge in [-0.25, -0.2) is 0 Å². The van der Waals surface area contributed by atoms with Gasteiger partial charge in [0.1, 0.15) is 5.04 Å². The van der Waals surface area contributed by atoms with E-state index in [-0.39, 0.29) is 17.9 Å². The van der Waals surface area contributed by atoms with E-state index >= 15 is 0 Å². The van der Waals surface area contributed by atoms with Crippen LogP contribution < -0.4 is 5.73 Å². The first-order valence-electron chi connectivity index (χ1n) is 6.75. The van der Waals surface area contributed by atoms with Gasteiger partial charge in [0.15, 0.2) is 0 Å². The van der Waals surface area contributed by atoms with Crippen molar-refractivity contribution in [1.29, 1.82) is 0 Å². The summed E-state index contributed by atoms with van der Waals surface area (Å²) in [5.74, 6) is 0. The zero-order valence-corrected chi connectivity index (χ0v) is 13.8. The molecule has 0 saturated carbocycles. The van der Waals surface area contributed by atoms with E-state index in [4.69, 9.17) is 10.7 Å². The molecular weight excluding hydrogens is 300 g/mol. The Kier molecular flexibility index (Phi) is 4.64. The molecule has 0 spiro atoms. The van der Waals surface area contributed by atoms with Crippen molar-refractivity contribution >= 4 is 34.9 Å². The Balaban J connectivity index is 0.00000161. The van der Waals surface area contributed by atoms with Gasteiger partial charge in [-0.1, -0.05) is 36.0 Å². The molecule has 2 aromatic carbocycles. The predicted octanol–water partition coefficient (Wildman–Crippen LogP) is 4.56. The van der Waals surface area contributed by atoms with Crippen LogP contribution in [-0.2, 0) is 6.42 Å². The first kappa shape index (κ1) is 15.9. The lowest BCUT2D eigenvalue weighted by Gasteiger charge is -2.28. The summed E-state index contributed by atoms with van der Waals surface area (Å²) < 4.78 is 0. The molecule has 0 amide bonds. The highest BCUT2D eigenvalue weighted by Crippen LogP contribution is 2.33. The van der Waals surface area contributed by atoms with Gasteiger partial charge < -0.3 is 5.73 Å². The summed E-state index contributed by atoms with van der Waals surface area (Å²) in [5.41, 5.74) is 9.13. The Hall–Kier alpha value is -1.45. The molecule has 0 aromatic heterocycles. The molecule has 21 heavy (non-hydrogen) atoms. The van der Waals surface area contributed by atoms with Crippen LogP contribution in [0.15, 0.2) is 58.4 Å². The van der Waals surface area contributed by atoms with Gasteiger partial charge in [0.05, 0.1) is 5.54 Å². The molecule has 2 nitrogen and oxygen atoms in total. The summed E-state index contributed by atoms with van der Waals surface area (Å²) in [6, 6.07) is 16.5. The van der Waals surface area contributed by atoms with Gasteiger partial charge in [0, 0.05) is 16.1 Å². The van der Waals surface area contributed by atoms with Gasteiger partial charge >= 0.3 is 0 Å². The maximum absolute atomic E-state index is 5.74. The fourth-order valence-electron chi connectivity index (χ4n) is 2.45. The van der Waals surface area contributed by atoms with Crippen molar-refractivity contribution in [3.8, 4) is 0 Å². The van der Waals surface area contributed by atoms with E-state index in [2.05, 4.69) is 38.1 Å². The monoisotopic (exact) mass is 318 g/mol. The molecule has 0 unspecified atom stereocenters. The normalized spacial score (nSPS) is 15.6. The number of hydrogen-bond donors (Lipinski definition) is 1. The number of nitrogen functional groups attached to an aromatic ring is 1. The van der Waals surface area contributed by atoms with Crippen LogP contribution >= 0.6 is 24.2 Å². The van der Waals surface area contributed by atoms with E-state index in [9.17, 15) is 0 Å². The average Bonchev–Trinajstić information content (AvgIpc) is 2.40. The lowest BCUT2D eigenvalue weighted by atomic mass is 9.90. The summed E-state index contributed by atoms with van der Waals surface area (Å²) in [6.45, 7) is 4.37. The molecule has 110 valence electrons. The number of anilines is 1. The summed E-state index contributed by atoms with van der Waals surface area (Å²) in [6.07, 6.45) is 0.995. The van der Waals surface area contributed by atoms with E-state index in [1.807, 2.05) is 24.3 Å². The van der Waals surface area contributed by atoms with Gasteiger partial charge in [-0.2, -0.15) is 0 Å². The van der Waals surface area contributed by atoms with Crippen molar-refractivity contribution in [3.63, 3.8) is 0 Å². The number of fused-ring (bicyclic) bond motifs is 1. The van der Waals surface area contributed by atoms with Crippen LogP contribution in [0.25, 0.3) is 0 Å². The summed E-state index contributed by atoms with van der Waals surface area (Å²) in [5, 5.41) is 1.10. The Morgan fingerprint density at radius 1 is 1.05 bits per heavy atom. The highest BCUT2D eigenvalue weighted by molar-refractivity contribution is 8.14. The molecule has 0 fully saturated rings. The zero-order valence-electron chi connectivity index (χ0n) is 12.2. The second-order valence-corrected chi connectivity index (χ2v) is 6.80. The second kappa shape index (κ2) is 6.12. The first-order chi connectivity index (χ1) is 9.53. The van der Waals surface area contributed by atoms with Crippen molar-refractivity contribution in [2.24, 2.45) is 4.99 Å². The largest absolute Gasteiger partial charge is 0.399 e. The topological polar surface area (TPSA) is 38.4 Å². The third-order valence-electron chi connectivity index (χ3n) is 3.37. The number of nitrogens with two attached hydrogens (primary N) is 1. The van der Waals surface area contributed by atoms with E-state index < -0.39 is 0 Å². The molecule has 3 rings (SSSR count). The van der Waals surface area contributed by atoms with Gasteiger partial charge in [0.25, 0.3) is 0 Å². The van der Waals surface area contributed by atoms with Gasteiger partial charge in [0.2, 0.25) is 0 Å². The lowest BCUT2D eigenvalue weighted by molar-refractivity contribution is 0.515. The van der Waals surface area contributed by atoms with Crippen LogP contribution in [0.3, 0.4) is 0 Å². The van der Waals surface area contributed by atoms with Gasteiger partial charge in [-0.15, -0.1) is 12.4 Å². The van der Waals surface area contributed by atoms with Gasteiger partial charge in [-0.3, -0.25) is 4.99 Å².